The number of hydrogen-bond donors (Lipinski definition) is 2. The van der Waals surface area contributed by atoms with Gasteiger partial charge in [0.15, 0.2) is 5.84 Å². The molecule has 0 bridgehead atoms. The molecule has 3 N–H and O–H groups in total. The first kappa shape index (κ1) is 12.0. The maximum atomic E-state index is 8.88. The van der Waals surface area contributed by atoms with Crippen LogP contribution in [0.2, 0.25) is 0 Å². The molecule has 0 unspecified atom stereocenters. The highest BCUT2D eigenvalue weighted by Gasteiger charge is 2.12. The number of benzene rings is 2. The molecule has 0 aliphatic heterocycles. The van der Waals surface area contributed by atoms with Crippen molar-refractivity contribution < 1.29 is 9.94 Å². The molecule has 0 atom stereocenters. The highest BCUT2D eigenvalue weighted by Crippen LogP contribution is 2.27. The lowest BCUT2D eigenvalue weighted by atomic mass is 10.0. The van der Waals surface area contributed by atoms with E-state index in [1.165, 1.54) is 0 Å². The topological polar surface area (TPSA) is 67.8 Å². The average molecular weight is 242 g/mol. The van der Waals surface area contributed by atoms with E-state index in [4.69, 9.17) is 15.7 Å². The van der Waals surface area contributed by atoms with Crippen LogP contribution >= 0.6 is 0 Å². The first-order chi connectivity index (χ1) is 8.77. The molecule has 4 nitrogen and oxygen atoms in total. The summed E-state index contributed by atoms with van der Waals surface area (Å²) in [4.78, 5) is 0. The average Bonchev–Trinajstić information content (AvgIpc) is 2.43. The third-order valence-electron chi connectivity index (χ3n) is 2.61. The van der Waals surface area contributed by atoms with E-state index in [0.717, 1.165) is 10.8 Å². The van der Waals surface area contributed by atoms with Gasteiger partial charge in [-0.1, -0.05) is 48.1 Å². The van der Waals surface area contributed by atoms with Crippen LogP contribution in [-0.2, 0) is 0 Å². The maximum Gasteiger partial charge on any atom is 0.174 e. The zero-order valence-electron chi connectivity index (χ0n) is 9.84. The van der Waals surface area contributed by atoms with Crippen LogP contribution in [0.3, 0.4) is 0 Å². The molecule has 4 heteroatoms. The van der Waals surface area contributed by atoms with Crippen LogP contribution in [0.5, 0.6) is 5.75 Å². The van der Waals surface area contributed by atoms with E-state index in [0.29, 0.717) is 17.9 Å². The number of fused-ring (bicyclic) bond motifs is 1. The van der Waals surface area contributed by atoms with Gasteiger partial charge in [-0.25, -0.2) is 0 Å². The zero-order chi connectivity index (χ0) is 13.0. The van der Waals surface area contributed by atoms with E-state index < -0.39 is 0 Å². The SMILES string of the molecule is C=CCOc1ccc2ccccc2c1/C(N)=N/O. The van der Waals surface area contributed by atoms with Crippen LogP contribution in [0.4, 0.5) is 0 Å². The lowest BCUT2D eigenvalue weighted by Gasteiger charge is -2.12. The van der Waals surface area contributed by atoms with Gasteiger partial charge < -0.3 is 15.7 Å². The van der Waals surface area contributed by atoms with Gasteiger partial charge in [0.1, 0.15) is 12.4 Å². The first-order valence-corrected chi connectivity index (χ1v) is 5.51. The van der Waals surface area contributed by atoms with Crippen LogP contribution in [0.25, 0.3) is 10.8 Å². The first-order valence-electron chi connectivity index (χ1n) is 5.51. The summed E-state index contributed by atoms with van der Waals surface area (Å²) in [6.07, 6.45) is 1.64. The minimum absolute atomic E-state index is 0.0332. The Morgan fingerprint density at radius 2 is 2.11 bits per heavy atom. The predicted octanol–water partition coefficient (Wildman–Crippen LogP) is 2.50. The Kier molecular flexibility index (Phi) is 3.48. The molecule has 0 radical (unpaired) electrons. The lowest BCUT2D eigenvalue weighted by molar-refractivity contribution is 0.318. The van der Waals surface area contributed by atoms with Crippen molar-refractivity contribution in [3.63, 3.8) is 0 Å². The van der Waals surface area contributed by atoms with Crippen LogP contribution < -0.4 is 10.5 Å². The molecular weight excluding hydrogens is 228 g/mol. The second-order valence-corrected chi connectivity index (χ2v) is 3.74. The molecule has 0 aromatic heterocycles. The molecule has 0 amide bonds. The van der Waals surface area contributed by atoms with E-state index in [1.807, 2.05) is 30.3 Å². The molecule has 92 valence electrons. The van der Waals surface area contributed by atoms with Gasteiger partial charge in [-0.3, -0.25) is 0 Å². The van der Waals surface area contributed by atoms with Gasteiger partial charge in [-0.15, -0.1) is 0 Å². The fourth-order valence-electron chi connectivity index (χ4n) is 1.83. The molecule has 18 heavy (non-hydrogen) atoms. The van der Waals surface area contributed by atoms with E-state index in [9.17, 15) is 0 Å². The Bertz CT molecular complexity index is 606. The van der Waals surface area contributed by atoms with E-state index in [1.54, 1.807) is 12.1 Å². The Labute approximate surface area is 105 Å². The van der Waals surface area contributed by atoms with Gasteiger partial charge in [0.25, 0.3) is 0 Å². The molecule has 0 saturated heterocycles. The Balaban J connectivity index is 2.66. The fourth-order valence-corrected chi connectivity index (χ4v) is 1.83. The number of oxime groups is 1. The highest BCUT2D eigenvalue weighted by atomic mass is 16.5. The Morgan fingerprint density at radius 1 is 1.33 bits per heavy atom. The van der Waals surface area contributed by atoms with Gasteiger partial charge in [0.05, 0.1) is 5.56 Å². The van der Waals surface area contributed by atoms with Crippen molar-refractivity contribution in [2.45, 2.75) is 0 Å². The number of rotatable bonds is 4. The molecule has 0 spiro atoms. The summed E-state index contributed by atoms with van der Waals surface area (Å²) in [6.45, 7) is 3.96. The summed E-state index contributed by atoms with van der Waals surface area (Å²) in [7, 11) is 0. The second kappa shape index (κ2) is 5.23. The van der Waals surface area contributed by atoms with Crippen molar-refractivity contribution in [2.24, 2.45) is 10.9 Å². The van der Waals surface area contributed by atoms with Gasteiger partial charge in [0.2, 0.25) is 0 Å². The molecule has 0 saturated carbocycles. The summed E-state index contributed by atoms with van der Waals surface area (Å²) in [5.74, 6) is 0.606. The summed E-state index contributed by atoms with van der Waals surface area (Å²) >= 11 is 0. The van der Waals surface area contributed by atoms with Crippen LogP contribution in [0.15, 0.2) is 54.2 Å². The van der Waals surface area contributed by atoms with Crippen molar-refractivity contribution in [1.29, 1.82) is 0 Å². The van der Waals surface area contributed by atoms with Crippen molar-refractivity contribution in [2.75, 3.05) is 6.61 Å². The minimum atomic E-state index is 0.0332. The number of ether oxygens (including phenoxy) is 1. The predicted molar refractivity (Wildman–Crippen MR) is 72.2 cm³/mol. The van der Waals surface area contributed by atoms with Crippen LogP contribution in [-0.4, -0.2) is 17.6 Å². The smallest absolute Gasteiger partial charge is 0.174 e. The third kappa shape index (κ3) is 2.13. The molecule has 0 fully saturated rings. The number of nitrogens with two attached hydrogens (primary N) is 1. The maximum absolute atomic E-state index is 8.88. The molecule has 0 heterocycles. The highest BCUT2D eigenvalue weighted by molar-refractivity contribution is 6.11. The molecule has 2 aromatic rings. The van der Waals surface area contributed by atoms with E-state index in [-0.39, 0.29) is 5.84 Å². The van der Waals surface area contributed by atoms with Gasteiger partial charge in [-0.2, -0.15) is 0 Å². The third-order valence-corrected chi connectivity index (χ3v) is 2.61. The van der Waals surface area contributed by atoms with Gasteiger partial charge in [0, 0.05) is 0 Å². The molecule has 2 rings (SSSR count). The zero-order valence-corrected chi connectivity index (χ0v) is 9.84. The molecule has 2 aromatic carbocycles. The summed E-state index contributed by atoms with van der Waals surface area (Å²) in [5, 5.41) is 13.8. The van der Waals surface area contributed by atoms with Gasteiger partial charge >= 0.3 is 0 Å². The van der Waals surface area contributed by atoms with Crippen molar-refractivity contribution in [1.82, 2.24) is 0 Å². The lowest BCUT2D eigenvalue weighted by Crippen LogP contribution is -2.15. The molecule has 0 aliphatic rings. The van der Waals surface area contributed by atoms with Gasteiger partial charge in [-0.05, 0) is 16.8 Å². The largest absolute Gasteiger partial charge is 0.489 e. The second-order valence-electron chi connectivity index (χ2n) is 3.74. The van der Waals surface area contributed by atoms with Crippen molar-refractivity contribution in [3.05, 3.63) is 54.6 Å². The van der Waals surface area contributed by atoms with E-state index in [2.05, 4.69) is 11.7 Å². The normalized spacial score (nSPS) is 11.4. The van der Waals surface area contributed by atoms with Crippen LogP contribution in [0, 0.1) is 0 Å². The standard InChI is InChI=1S/C14H14N2O2/c1-2-9-18-12-8-7-10-5-3-4-6-11(10)13(12)14(15)16-17/h2-8,17H,1,9H2,(H2,15,16). The van der Waals surface area contributed by atoms with Crippen molar-refractivity contribution >= 4 is 16.6 Å². The Hall–Kier alpha value is -2.49. The van der Waals surface area contributed by atoms with Crippen molar-refractivity contribution in [3.8, 4) is 5.75 Å². The van der Waals surface area contributed by atoms with E-state index >= 15 is 0 Å². The summed E-state index contributed by atoms with van der Waals surface area (Å²) < 4.78 is 5.53. The molecule has 0 aliphatic carbocycles. The fraction of sp³-hybridized carbons (Fsp3) is 0.0714. The van der Waals surface area contributed by atoms with Crippen LogP contribution in [0.1, 0.15) is 5.56 Å². The number of nitrogens with zero attached hydrogens (tertiary/aromatic N) is 1. The summed E-state index contributed by atoms with van der Waals surface area (Å²) in [6, 6.07) is 11.4. The minimum Gasteiger partial charge on any atom is -0.489 e. The number of hydrogen-bond acceptors (Lipinski definition) is 3. The quantitative estimate of drug-likeness (QED) is 0.284. The molecular formula is C14H14N2O2. The Morgan fingerprint density at radius 3 is 2.83 bits per heavy atom. The monoisotopic (exact) mass is 242 g/mol. The number of amidine groups is 1. The summed E-state index contributed by atoms with van der Waals surface area (Å²) in [5.41, 5.74) is 6.32.